The number of sulfonamides is 1. The Bertz CT molecular complexity index is 1230. The van der Waals surface area contributed by atoms with Crippen molar-refractivity contribution in [1.29, 1.82) is 0 Å². The number of alkyl halides is 4. The fraction of sp³-hybridized carbons (Fsp3) is 0.520. The standard InChI is InChI=1S/C25H30F6N4O2S/c1-38(36,37)34-16-4-5-19-15(9-16)3-6-22(32-14-25(29,30)31)23(19)24-20(27)10-17(11-21(24)28)33-18-12-35(13-18)8-2-7-26/h4-5,9-11,18,22-23,32-34H,2-3,6-8,12-14H2,1H3/t22?,23-/m1/s1. The molecule has 6 nitrogen and oxygen atoms in total. The van der Waals surface area contributed by atoms with Gasteiger partial charge in [0.05, 0.1) is 25.5 Å². The van der Waals surface area contributed by atoms with Crippen LogP contribution in [0.1, 0.15) is 35.4 Å². The summed E-state index contributed by atoms with van der Waals surface area (Å²) in [6.07, 6.45) is -2.66. The van der Waals surface area contributed by atoms with Crippen molar-refractivity contribution in [2.75, 3.05) is 49.1 Å². The predicted octanol–water partition coefficient (Wildman–Crippen LogP) is 4.39. The van der Waals surface area contributed by atoms with Gasteiger partial charge in [-0.3, -0.25) is 14.0 Å². The number of hydrogen-bond donors (Lipinski definition) is 3. The maximum absolute atomic E-state index is 15.5. The van der Waals surface area contributed by atoms with E-state index in [9.17, 15) is 26.0 Å². The van der Waals surface area contributed by atoms with Crippen molar-refractivity contribution in [1.82, 2.24) is 10.2 Å². The number of hydrogen-bond acceptors (Lipinski definition) is 5. The number of halogens is 6. The van der Waals surface area contributed by atoms with Gasteiger partial charge in [-0.15, -0.1) is 0 Å². The zero-order chi connectivity index (χ0) is 27.7. The van der Waals surface area contributed by atoms with Crippen molar-refractivity contribution in [2.24, 2.45) is 0 Å². The summed E-state index contributed by atoms with van der Waals surface area (Å²) in [4.78, 5) is 2.01. The molecule has 0 saturated carbocycles. The lowest BCUT2D eigenvalue weighted by molar-refractivity contribution is -0.126. The van der Waals surface area contributed by atoms with Gasteiger partial charge in [0.25, 0.3) is 0 Å². The van der Waals surface area contributed by atoms with Gasteiger partial charge in [0.15, 0.2) is 0 Å². The van der Waals surface area contributed by atoms with E-state index in [1.165, 1.54) is 12.1 Å². The lowest BCUT2D eigenvalue weighted by Gasteiger charge is -2.40. The summed E-state index contributed by atoms with van der Waals surface area (Å²) >= 11 is 0. The summed E-state index contributed by atoms with van der Waals surface area (Å²) in [5, 5.41) is 5.48. The average Bonchev–Trinajstić information content (AvgIpc) is 2.77. The number of benzene rings is 2. The average molecular weight is 565 g/mol. The van der Waals surface area contributed by atoms with Crippen LogP contribution >= 0.6 is 0 Å². The highest BCUT2D eigenvalue weighted by molar-refractivity contribution is 7.92. The maximum Gasteiger partial charge on any atom is 0.401 e. The molecule has 1 unspecified atom stereocenters. The smallest absolute Gasteiger partial charge is 0.380 e. The fourth-order valence-electron chi connectivity index (χ4n) is 5.25. The Kier molecular flexibility index (Phi) is 8.48. The zero-order valence-electron chi connectivity index (χ0n) is 20.7. The van der Waals surface area contributed by atoms with Crippen molar-refractivity contribution >= 4 is 21.4 Å². The zero-order valence-corrected chi connectivity index (χ0v) is 21.5. The van der Waals surface area contributed by atoms with Crippen LogP contribution in [0.5, 0.6) is 0 Å². The third kappa shape index (κ3) is 7.11. The highest BCUT2D eigenvalue weighted by Gasteiger charge is 2.38. The summed E-state index contributed by atoms with van der Waals surface area (Å²) in [7, 11) is -3.57. The van der Waals surface area contributed by atoms with Crippen LogP contribution in [0, 0.1) is 11.6 Å². The molecule has 0 bridgehead atoms. The summed E-state index contributed by atoms with van der Waals surface area (Å²) in [5.74, 6) is -2.85. The van der Waals surface area contributed by atoms with E-state index < -0.39 is 53.0 Å². The van der Waals surface area contributed by atoms with Crippen molar-refractivity contribution in [3.63, 3.8) is 0 Å². The minimum absolute atomic E-state index is 0.0587. The third-order valence-corrected chi connectivity index (χ3v) is 7.41. The molecule has 1 fully saturated rings. The maximum atomic E-state index is 15.5. The van der Waals surface area contributed by atoms with Crippen LogP contribution in [0.2, 0.25) is 0 Å². The highest BCUT2D eigenvalue weighted by Crippen LogP contribution is 2.41. The molecule has 1 aliphatic heterocycles. The van der Waals surface area contributed by atoms with E-state index in [2.05, 4.69) is 15.4 Å². The number of anilines is 2. The number of nitrogens with zero attached hydrogens (tertiary/aromatic N) is 1. The van der Waals surface area contributed by atoms with Crippen LogP contribution in [0.3, 0.4) is 0 Å². The Morgan fingerprint density at radius 1 is 1.05 bits per heavy atom. The summed E-state index contributed by atoms with van der Waals surface area (Å²) < 4.78 is 108. The van der Waals surface area contributed by atoms with E-state index in [1.54, 1.807) is 6.07 Å². The van der Waals surface area contributed by atoms with Crippen molar-refractivity contribution in [3.05, 3.63) is 58.7 Å². The third-order valence-electron chi connectivity index (χ3n) is 6.80. The molecular formula is C25H30F6N4O2S. The monoisotopic (exact) mass is 564 g/mol. The highest BCUT2D eigenvalue weighted by atomic mass is 32.2. The Morgan fingerprint density at radius 2 is 1.74 bits per heavy atom. The number of nitrogens with one attached hydrogen (secondary N) is 3. The Hall–Kier alpha value is -2.51. The van der Waals surface area contributed by atoms with Gasteiger partial charge in [0.1, 0.15) is 11.6 Å². The normalized spacial score (nSPS) is 20.6. The lowest BCUT2D eigenvalue weighted by atomic mass is 9.75. The molecule has 2 atom stereocenters. The molecule has 210 valence electrons. The second-order valence-corrected chi connectivity index (χ2v) is 11.7. The predicted molar refractivity (Wildman–Crippen MR) is 134 cm³/mol. The first-order valence-electron chi connectivity index (χ1n) is 12.3. The first kappa shape index (κ1) is 28.5. The minimum atomic E-state index is -4.51. The Morgan fingerprint density at radius 3 is 2.34 bits per heavy atom. The first-order chi connectivity index (χ1) is 17.8. The van der Waals surface area contributed by atoms with Crippen LogP contribution in [0.15, 0.2) is 30.3 Å². The summed E-state index contributed by atoms with van der Waals surface area (Å²) in [6.45, 7) is 0.0829. The fourth-order valence-corrected chi connectivity index (χ4v) is 5.80. The molecule has 1 saturated heterocycles. The van der Waals surface area contributed by atoms with E-state index >= 15 is 8.78 Å². The molecule has 4 rings (SSSR count). The molecule has 0 spiro atoms. The lowest BCUT2D eigenvalue weighted by Crippen LogP contribution is -2.54. The molecule has 2 aromatic carbocycles. The largest absolute Gasteiger partial charge is 0.401 e. The number of aryl methyl sites for hydroxylation is 1. The van der Waals surface area contributed by atoms with E-state index in [0.29, 0.717) is 43.6 Å². The Labute approximate surface area is 217 Å². The van der Waals surface area contributed by atoms with Gasteiger partial charge in [0, 0.05) is 48.5 Å². The van der Waals surface area contributed by atoms with Gasteiger partial charge >= 0.3 is 6.18 Å². The van der Waals surface area contributed by atoms with Crippen LogP contribution in [-0.4, -0.2) is 70.7 Å². The molecule has 2 aliphatic rings. The molecule has 1 aliphatic carbocycles. The molecule has 38 heavy (non-hydrogen) atoms. The molecule has 0 amide bonds. The first-order valence-corrected chi connectivity index (χ1v) is 14.2. The van der Waals surface area contributed by atoms with Gasteiger partial charge < -0.3 is 10.6 Å². The Balaban J connectivity index is 1.62. The second kappa shape index (κ2) is 11.3. The van der Waals surface area contributed by atoms with Gasteiger partial charge in [-0.05, 0) is 54.7 Å². The van der Waals surface area contributed by atoms with Crippen LogP contribution < -0.4 is 15.4 Å². The van der Waals surface area contributed by atoms with Crippen LogP contribution in [0.25, 0.3) is 0 Å². The van der Waals surface area contributed by atoms with Gasteiger partial charge in [-0.25, -0.2) is 17.2 Å². The number of likely N-dealkylation sites (tertiary alicyclic amines) is 1. The van der Waals surface area contributed by atoms with E-state index in [4.69, 9.17) is 0 Å². The molecule has 3 N–H and O–H groups in total. The van der Waals surface area contributed by atoms with Gasteiger partial charge in [0.2, 0.25) is 10.0 Å². The van der Waals surface area contributed by atoms with Gasteiger partial charge in [-0.1, -0.05) is 6.07 Å². The van der Waals surface area contributed by atoms with E-state index in [1.807, 2.05) is 4.90 Å². The molecule has 0 aromatic heterocycles. The van der Waals surface area contributed by atoms with Crippen LogP contribution in [0.4, 0.5) is 37.7 Å². The molecule has 13 heteroatoms. The molecule has 1 heterocycles. The molecule has 0 radical (unpaired) electrons. The summed E-state index contributed by atoms with van der Waals surface area (Å²) in [5.41, 5.74) is 1.14. The van der Waals surface area contributed by atoms with Crippen LogP contribution in [-0.2, 0) is 16.4 Å². The SMILES string of the molecule is CS(=O)(=O)Nc1ccc2c(c1)CCC(NCC(F)(F)F)[C@@H]2c1c(F)cc(NC2CN(CCCF)C2)cc1F. The van der Waals surface area contributed by atoms with Crippen molar-refractivity contribution in [2.45, 2.75) is 43.4 Å². The summed E-state index contributed by atoms with van der Waals surface area (Å²) in [6, 6.07) is 5.78. The van der Waals surface area contributed by atoms with Crippen molar-refractivity contribution in [3.8, 4) is 0 Å². The minimum Gasteiger partial charge on any atom is -0.380 e. The second-order valence-electron chi connectivity index (χ2n) is 9.90. The topological polar surface area (TPSA) is 73.5 Å². The number of rotatable bonds is 10. The quantitative estimate of drug-likeness (QED) is 0.374. The van der Waals surface area contributed by atoms with E-state index in [0.717, 1.165) is 18.4 Å². The van der Waals surface area contributed by atoms with E-state index in [-0.39, 0.29) is 29.4 Å². The number of fused-ring (bicyclic) bond motifs is 1. The molecular weight excluding hydrogens is 534 g/mol. The van der Waals surface area contributed by atoms with Gasteiger partial charge in [-0.2, -0.15) is 13.2 Å². The molecule has 2 aromatic rings. The van der Waals surface area contributed by atoms with Crippen molar-refractivity contribution < 1.29 is 34.8 Å².